The molecular formula is C19H42N2O2. The van der Waals surface area contributed by atoms with Crippen LogP contribution in [0.3, 0.4) is 0 Å². The van der Waals surface area contributed by atoms with E-state index in [1.54, 1.807) is 0 Å². The molecule has 1 fully saturated rings. The average Bonchev–Trinajstić information content (AvgIpc) is 2.99. The van der Waals surface area contributed by atoms with Crippen molar-refractivity contribution in [1.82, 2.24) is 10.2 Å². The van der Waals surface area contributed by atoms with Gasteiger partial charge in [-0.1, -0.05) is 47.5 Å². The maximum absolute atomic E-state index is 11.8. The van der Waals surface area contributed by atoms with E-state index in [0.29, 0.717) is 6.04 Å². The lowest BCUT2D eigenvalue weighted by Crippen LogP contribution is -2.42. The number of hydrogen-bond donors (Lipinski definition) is 1. The zero-order valence-corrected chi connectivity index (χ0v) is 16.9. The van der Waals surface area contributed by atoms with Crippen molar-refractivity contribution >= 4 is 5.97 Å². The molecule has 1 rings (SSSR count). The van der Waals surface area contributed by atoms with E-state index in [9.17, 15) is 4.79 Å². The summed E-state index contributed by atoms with van der Waals surface area (Å²) in [6.45, 7) is 16.2. The summed E-state index contributed by atoms with van der Waals surface area (Å²) >= 11 is 0. The van der Waals surface area contributed by atoms with Gasteiger partial charge >= 0.3 is 5.97 Å². The van der Waals surface area contributed by atoms with E-state index in [1.807, 2.05) is 41.5 Å². The first-order valence-electron chi connectivity index (χ1n) is 9.68. The standard InChI is InChI=1S/C15H30N2O2.2C2H6/c1-5-6-7-10-17(4)11-13-8-9-14(16-13)15(18)19-12(2)3;2*1-2/h12-14,16H,5-11H2,1-4H3;2*1-2H3. The minimum absolute atomic E-state index is 0.0231. The van der Waals surface area contributed by atoms with Gasteiger partial charge in [0.2, 0.25) is 0 Å². The van der Waals surface area contributed by atoms with Gasteiger partial charge in [-0.25, -0.2) is 0 Å². The van der Waals surface area contributed by atoms with Crippen molar-refractivity contribution in [3.8, 4) is 0 Å². The predicted octanol–water partition coefficient (Wildman–Crippen LogP) is 4.23. The zero-order valence-electron chi connectivity index (χ0n) is 16.9. The van der Waals surface area contributed by atoms with Crippen LogP contribution in [0.15, 0.2) is 0 Å². The molecule has 1 aliphatic rings. The molecule has 1 heterocycles. The number of nitrogens with one attached hydrogen (secondary N) is 1. The lowest BCUT2D eigenvalue weighted by Gasteiger charge is -2.21. The number of ether oxygens (including phenoxy) is 1. The summed E-state index contributed by atoms with van der Waals surface area (Å²) in [7, 11) is 2.16. The topological polar surface area (TPSA) is 41.6 Å². The lowest BCUT2D eigenvalue weighted by molar-refractivity contribution is -0.149. The van der Waals surface area contributed by atoms with Gasteiger partial charge < -0.3 is 15.0 Å². The third-order valence-corrected chi connectivity index (χ3v) is 3.55. The maximum Gasteiger partial charge on any atom is 0.323 e. The smallest absolute Gasteiger partial charge is 0.323 e. The van der Waals surface area contributed by atoms with Crippen LogP contribution in [0.4, 0.5) is 0 Å². The second-order valence-corrected chi connectivity index (χ2v) is 5.95. The molecule has 0 aromatic rings. The molecule has 0 aromatic heterocycles. The molecule has 2 atom stereocenters. The summed E-state index contributed by atoms with van der Waals surface area (Å²) in [5.74, 6) is -0.0915. The summed E-state index contributed by atoms with van der Waals surface area (Å²) in [6, 6.07) is 0.327. The zero-order chi connectivity index (χ0) is 18.3. The summed E-state index contributed by atoms with van der Waals surface area (Å²) < 4.78 is 5.25. The molecule has 0 amide bonds. The monoisotopic (exact) mass is 330 g/mol. The molecule has 0 bridgehead atoms. The summed E-state index contributed by atoms with van der Waals surface area (Å²) in [6.07, 6.45) is 5.77. The van der Waals surface area contributed by atoms with Gasteiger partial charge in [-0.05, 0) is 46.7 Å². The van der Waals surface area contributed by atoms with Crippen LogP contribution in [-0.2, 0) is 9.53 Å². The van der Waals surface area contributed by atoms with Crippen LogP contribution >= 0.6 is 0 Å². The van der Waals surface area contributed by atoms with Gasteiger partial charge in [-0.15, -0.1) is 0 Å². The van der Waals surface area contributed by atoms with Crippen LogP contribution in [0, 0.1) is 0 Å². The van der Waals surface area contributed by atoms with Crippen molar-refractivity contribution in [2.45, 2.75) is 98.8 Å². The van der Waals surface area contributed by atoms with E-state index < -0.39 is 0 Å². The minimum Gasteiger partial charge on any atom is -0.462 e. The number of nitrogens with zero attached hydrogens (tertiary/aromatic N) is 1. The molecule has 4 nitrogen and oxygen atoms in total. The summed E-state index contributed by atoms with van der Waals surface area (Å²) in [4.78, 5) is 14.2. The average molecular weight is 331 g/mol. The maximum atomic E-state index is 11.8. The Morgan fingerprint density at radius 1 is 1.17 bits per heavy atom. The third kappa shape index (κ3) is 12.5. The Bertz CT molecular complexity index is 270. The molecule has 0 aliphatic carbocycles. The molecule has 1 saturated heterocycles. The van der Waals surface area contributed by atoms with Gasteiger partial charge in [0.25, 0.3) is 0 Å². The Kier molecular flexibility index (Phi) is 17.4. The van der Waals surface area contributed by atoms with E-state index in [0.717, 1.165) is 25.9 Å². The van der Waals surface area contributed by atoms with Crippen molar-refractivity contribution in [3.05, 3.63) is 0 Å². The number of esters is 1. The van der Waals surface area contributed by atoms with Crippen LogP contribution in [-0.4, -0.2) is 49.2 Å². The van der Waals surface area contributed by atoms with Gasteiger partial charge in [-0.3, -0.25) is 4.79 Å². The molecule has 23 heavy (non-hydrogen) atoms. The first-order chi connectivity index (χ1) is 11.0. The first-order valence-corrected chi connectivity index (χ1v) is 9.68. The molecule has 0 spiro atoms. The molecule has 0 aromatic carbocycles. The Hall–Kier alpha value is -0.610. The highest BCUT2D eigenvalue weighted by atomic mass is 16.5. The van der Waals surface area contributed by atoms with Crippen LogP contribution in [0.25, 0.3) is 0 Å². The third-order valence-electron chi connectivity index (χ3n) is 3.55. The number of unbranched alkanes of at least 4 members (excludes halogenated alkanes) is 2. The van der Waals surface area contributed by atoms with Gasteiger partial charge in [0, 0.05) is 12.6 Å². The molecule has 0 saturated carbocycles. The highest BCUT2D eigenvalue weighted by Gasteiger charge is 2.30. The normalized spacial score (nSPS) is 19.7. The van der Waals surface area contributed by atoms with Gasteiger partial charge in [-0.2, -0.15) is 0 Å². The fraction of sp³-hybridized carbons (Fsp3) is 0.947. The van der Waals surface area contributed by atoms with Crippen molar-refractivity contribution in [1.29, 1.82) is 0 Å². The van der Waals surface area contributed by atoms with Crippen LogP contribution in [0.2, 0.25) is 0 Å². The first kappa shape index (κ1) is 24.6. The van der Waals surface area contributed by atoms with Gasteiger partial charge in [0.15, 0.2) is 0 Å². The number of likely N-dealkylation sites (N-methyl/N-ethyl adjacent to an activating group) is 1. The largest absolute Gasteiger partial charge is 0.462 e. The molecular weight excluding hydrogens is 288 g/mol. The van der Waals surface area contributed by atoms with Crippen LogP contribution in [0.1, 0.15) is 80.6 Å². The van der Waals surface area contributed by atoms with E-state index in [1.165, 1.54) is 19.3 Å². The second-order valence-electron chi connectivity index (χ2n) is 5.95. The number of rotatable bonds is 8. The highest BCUT2D eigenvalue weighted by Crippen LogP contribution is 2.15. The van der Waals surface area contributed by atoms with Crippen molar-refractivity contribution in [2.24, 2.45) is 0 Å². The Morgan fingerprint density at radius 3 is 2.30 bits per heavy atom. The molecule has 1 aliphatic heterocycles. The number of hydrogen-bond acceptors (Lipinski definition) is 4. The Morgan fingerprint density at radius 2 is 1.78 bits per heavy atom. The highest BCUT2D eigenvalue weighted by molar-refractivity contribution is 5.76. The van der Waals surface area contributed by atoms with E-state index in [2.05, 4.69) is 24.2 Å². The van der Waals surface area contributed by atoms with Gasteiger partial charge in [0.1, 0.15) is 6.04 Å². The van der Waals surface area contributed by atoms with Crippen molar-refractivity contribution < 1.29 is 9.53 Å². The van der Waals surface area contributed by atoms with Crippen LogP contribution < -0.4 is 5.32 Å². The van der Waals surface area contributed by atoms with Crippen molar-refractivity contribution in [2.75, 3.05) is 20.1 Å². The second kappa shape index (κ2) is 16.3. The number of carbonyl (C=O) groups excluding carboxylic acids is 1. The predicted molar refractivity (Wildman–Crippen MR) is 101 cm³/mol. The number of carbonyl (C=O) groups is 1. The fourth-order valence-corrected chi connectivity index (χ4v) is 2.56. The minimum atomic E-state index is -0.101. The lowest BCUT2D eigenvalue weighted by atomic mass is 10.2. The van der Waals surface area contributed by atoms with E-state index in [-0.39, 0.29) is 18.1 Å². The molecule has 2 unspecified atom stereocenters. The Labute approximate surface area is 145 Å². The van der Waals surface area contributed by atoms with Gasteiger partial charge in [0.05, 0.1) is 6.10 Å². The van der Waals surface area contributed by atoms with Crippen molar-refractivity contribution in [3.63, 3.8) is 0 Å². The Balaban J connectivity index is 0. The molecule has 1 N–H and O–H groups in total. The van der Waals surface area contributed by atoms with Crippen LogP contribution in [0.5, 0.6) is 0 Å². The molecule has 140 valence electrons. The fourth-order valence-electron chi connectivity index (χ4n) is 2.56. The SMILES string of the molecule is CC.CC.CCCCCN(C)CC1CCC(C(=O)OC(C)C)N1. The summed E-state index contributed by atoms with van der Waals surface area (Å²) in [5, 5.41) is 3.40. The van der Waals surface area contributed by atoms with E-state index in [4.69, 9.17) is 4.74 Å². The summed E-state index contributed by atoms with van der Waals surface area (Å²) in [5.41, 5.74) is 0. The molecule has 4 heteroatoms. The van der Waals surface area contributed by atoms with E-state index >= 15 is 0 Å². The molecule has 0 radical (unpaired) electrons. The quantitative estimate of drug-likeness (QED) is 0.534.